The van der Waals surface area contributed by atoms with Gasteiger partial charge in [-0.3, -0.25) is 4.79 Å². The van der Waals surface area contributed by atoms with Crippen molar-refractivity contribution in [2.24, 2.45) is 5.92 Å². The minimum Gasteiger partial charge on any atom is -0.380 e. The van der Waals surface area contributed by atoms with Crippen LogP contribution in [0.4, 0.5) is 5.69 Å². The highest BCUT2D eigenvalue weighted by Crippen LogP contribution is 2.41. The Morgan fingerprint density at radius 2 is 1.81 bits per heavy atom. The number of hydrogen-bond donors (Lipinski definition) is 1. The average Bonchev–Trinajstić information content (AvgIpc) is 3.01. The van der Waals surface area contributed by atoms with Gasteiger partial charge < -0.3 is 5.32 Å². The second-order valence-electron chi connectivity index (χ2n) is 5.25. The molecule has 0 aromatic heterocycles. The maximum absolute atomic E-state index is 11.1. The molecule has 1 fully saturated rings. The number of nitrogens with one attached hydrogen (secondary N) is 1. The first kappa shape index (κ1) is 11.2. The van der Waals surface area contributed by atoms with Gasteiger partial charge in [0.2, 0.25) is 0 Å². The highest BCUT2D eigenvalue weighted by atomic mass is 16.1. The van der Waals surface area contributed by atoms with Crippen molar-refractivity contribution in [3.63, 3.8) is 0 Å². The zero-order chi connectivity index (χ0) is 11.8. The molecule has 86 valence electrons. The molecule has 0 aliphatic heterocycles. The molecule has 0 spiro atoms. The molecule has 0 radical (unpaired) electrons. The molecular weight excluding hydrogens is 198 g/mol. The van der Waals surface area contributed by atoms with Crippen molar-refractivity contribution in [1.29, 1.82) is 0 Å². The summed E-state index contributed by atoms with van der Waals surface area (Å²) in [6.07, 6.45) is 2.65. The quantitative estimate of drug-likeness (QED) is 0.782. The van der Waals surface area contributed by atoms with Crippen LogP contribution in [0.1, 0.15) is 44.0 Å². The summed E-state index contributed by atoms with van der Waals surface area (Å²) < 4.78 is 0. The lowest BCUT2D eigenvalue weighted by Crippen LogP contribution is -2.33. The van der Waals surface area contributed by atoms with Crippen molar-refractivity contribution < 1.29 is 4.79 Å². The summed E-state index contributed by atoms with van der Waals surface area (Å²) in [5.74, 6) is 0.910. The van der Waals surface area contributed by atoms with Crippen LogP contribution in [-0.2, 0) is 0 Å². The van der Waals surface area contributed by atoms with Gasteiger partial charge in [-0.2, -0.15) is 0 Å². The molecule has 0 atom stereocenters. The molecule has 0 heterocycles. The average molecular weight is 217 g/mol. The van der Waals surface area contributed by atoms with Crippen LogP contribution in [0.15, 0.2) is 24.3 Å². The fraction of sp³-hybridized carbons (Fsp3) is 0.500. The molecule has 0 bridgehead atoms. The first-order chi connectivity index (χ1) is 7.49. The minimum absolute atomic E-state index is 0.119. The molecule has 2 heteroatoms. The molecule has 1 aliphatic rings. The lowest BCUT2D eigenvalue weighted by atomic mass is 9.98. The highest BCUT2D eigenvalue weighted by Gasteiger charge is 2.37. The SMILES string of the molecule is CC(=O)c1ccc(NC(C)(C)C2CC2)cc1. The summed E-state index contributed by atoms with van der Waals surface area (Å²) in [5, 5.41) is 3.54. The van der Waals surface area contributed by atoms with Gasteiger partial charge in [-0.25, -0.2) is 0 Å². The first-order valence-corrected chi connectivity index (χ1v) is 5.88. The number of hydrogen-bond acceptors (Lipinski definition) is 2. The van der Waals surface area contributed by atoms with Crippen molar-refractivity contribution >= 4 is 11.5 Å². The minimum atomic E-state index is 0.119. The molecule has 1 aromatic rings. The lowest BCUT2D eigenvalue weighted by molar-refractivity contribution is 0.101. The summed E-state index contributed by atoms with van der Waals surface area (Å²) in [6, 6.07) is 7.74. The predicted molar refractivity (Wildman–Crippen MR) is 66.9 cm³/mol. The summed E-state index contributed by atoms with van der Waals surface area (Å²) in [6.45, 7) is 6.07. The van der Waals surface area contributed by atoms with E-state index in [1.165, 1.54) is 12.8 Å². The van der Waals surface area contributed by atoms with Gasteiger partial charge in [0.25, 0.3) is 0 Å². The molecule has 1 saturated carbocycles. The Morgan fingerprint density at radius 1 is 1.25 bits per heavy atom. The third kappa shape index (κ3) is 2.43. The Hall–Kier alpha value is -1.31. The van der Waals surface area contributed by atoms with Gasteiger partial charge in [0, 0.05) is 16.8 Å². The van der Waals surface area contributed by atoms with Crippen LogP contribution in [-0.4, -0.2) is 11.3 Å². The summed E-state index contributed by atoms with van der Waals surface area (Å²) in [7, 11) is 0. The fourth-order valence-electron chi connectivity index (χ4n) is 2.07. The molecule has 0 saturated heterocycles. The van der Waals surface area contributed by atoms with Crippen molar-refractivity contribution in [3.05, 3.63) is 29.8 Å². The van der Waals surface area contributed by atoms with Gasteiger partial charge in [-0.05, 0) is 63.8 Å². The van der Waals surface area contributed by atoms with Gasteiger partial charge in [-0.1, -0.05) is 0 Å². The van der Waals surface area contributed by atoms with E-state index in [4.69, 9.17) is 0 Å². The molecule has 2 rings (SSSR count). The van der Waals surface area contributed by atoms with E-state index in [-0.39, 0.29) is 11.3 Å². The number of carbonyl (C=O) groups is 1. The van der Waals surface area contributed by atoms with Crippen molar-refractivity contribution in [3.8, 4) is 0 Å². The standard InChI is InChI=1S/C14H19NO/c1-10(16)11-4-8-13(9-5-11)15-14(2,3)12-6-7-12/h4-5,8-9,12,15H,6-7H2,1-3H3. The number of ketones is 1. The van der Waals surface area contributed by atoms with Crippen molar-refractivity contribution in [1.82, 2.24) is 0 Å². The van der Waals surface area contributed by atoms with E-state index >= 15 is 0 Å². The topological polar surface area (TPSA) is 29.1 Å². The largest absolute Gasteiger partial charge is 0.380 e. The number of Topliss-reactive ketones (excluding diaryl/α,β-unsaturated/α-hetero) is 1. The van der Waals surface area contributed by atoms with Crippen LogP contribution in [0.5, 0.6) is 0 Å². The van der Waals surface area contributed by atoms with Crippen LogP contribution in [0.2, 0.25) is 0 Å². The molecule has 1 aliphatic carbocycles. The zero-order valence-corrected chi connectivity index (χ0v) is 10.2. The first-order valence-electron chi connectivity index (χ1n) is 5.88. The third-order valence-electron chi connectivity index (χ3n) is 3.36. The van der Waals surface area contributed by atoms with Gasteiger partial charge in [0.05, 0.1) is 0 Å². The smallest absolute Gasteiger partial charge is 0.159 e. The molecule has 16 heavy (non-hydrogen) atoms. The molecule has 2 nitrogen and oxygen atoms in total. The van der Waals surface area contributed by atoms with E-state index in [0.29, 0.717) is 0 Å². The number of carbonyl (C=O) groups excluding carboxylic acids is 1. The molecular formula is C14H19NO. The van der Waals surface area contributed by atoms with E-state index < -0.39 is 0 Å². The van der Waals surface area contributed by atoms with Gasteiger partial charge in [0.15, 0.2) is 5.78 Å². The van der Waals surface area contributed by atoms with Crippen LogP contribution in [0, 0.1) is 5.92 Å². The molecule has 1 N–H and O–H groups in total. The van der Waals surface area contributed by atoms with Gasteiger partial charge >= 0.3 is 0 Å². The van der Waals surface area contributed by atoms with Gasteiger partial charge in [0.1, 0.15) is 0 Å². The number of rotatable bonds is 4. The lowest BCUT2D eigenvalue weighted by Gasteiger charge is -2.27. The Labute approximate surface area is 97.1 Å². The van der Waals surface area contributed by atoms with E-state index in [1.807, 2.05) is 24.3 Å². The van der Waals surface area contributed by atoms with E-state index in [1.54, 1.807) is 6.92 Å². The van der Waals surface area contributed by atoms with Crippen molar-refractivity contribution in [2.45, 2.75) is 39.2 Å². The maximum atomic E-state index is 11.1. The van der Waals surface area contributed by atoms with Crippen molar-refractivity contribution in [2.75, 3.05) is 5.32 Å². The normalized spacial score (nSPS) is 15.9. The second kappa shape index (κ2) is 3.93. The Bertz CT molecular complexity index is 388. The second-order valence-corrected chi connectivity index (χ2v) is 5.25. The third-order valence-corrected chi connectivity index (χ3v) is 3.36. The summed E-state index contributed by atoms with van der Waals surface area (Å²) in [4.78, 5) is 11.1. The number of benzene rings is 1. The molecule has 0 amide bonds. The number of anilines is 1. The van der Waals surface area contributed by atoms with Gasteiger partial charge in [-0.15, -0.1) is 0 Å². The fourth-order valence-corrected chi connectivity index (χ4v) is 2.07. The van der Waals surface area contributed by atoms with Crippen LogP contribution < -0.4 is 5.32 Å². The van der Waals surface area contributed by atoms with Crippen LogP contribution in [0.3, 0.4) is 0 Å². The zero-order valence-electron chi connectivity index (χ0n) is 10.2. The monoisotopic (exact) mass is 217 g/mol. The van der Waals surface area contributed by atoms with E-state index in [2.05, 4.69) is 19.2 Å². The van der Waals surface area contributed by atoms with E-state index in [9.17, 15) is 4.79 Å². The maximum Gasteiger partial charge on any atom is 0.159 e. The Kier molecular flexibility index (Phi) is 2.75. The highest BCUT2D eigenvalue weighted by molar-refractivity contribution is 5.94. The summed E-state index contributed by atoms with van der Waals surface area (Å²) in [5.41, 5.74) is 2.04. The van der Waals surface area contributed by atoms with E-state index in [0.717, 1.165) is 17.2 Å². The van der Waals surface area contributed by atoms with Crippen LogP contribution >= 0.6 is 0 Å². The van der Waals surface area contributed by atoms with Crippen LogP contribution in [0.25, 0.3) is 0 Å². The Morgan fingerprint density at radius 3 is 2.25 bits per heavy atom. The predicted octanol–water partition coefficient (Wildman–Crippen LogP) is 3.49. The molecule has 1 aromatic carbocycles. The summed E-state index contributed by atoms with van der Waals surface area (Å²) >= 11 is 0. The Balaban J connectivity index is 2.07. The molecule has 0 unspecified atom stereocenters.